The Hall–Kier alpha value is -1.01. The number of thioether (sulfide) groups is 1. The Morgan fingerprint density at radius 2 is 2.69 bits per heavy atom. The minimum absolute atomic E-state index is 0.0139. The van der Waals surface area contributed by atoms with Gasteiger partial charge >= 0.3 is 5.97 Å². The lowest BCUT2D eigenvalue weighted by Crippen LogP contribution is -2.17. The molecule has 0 spiro atoms. The second-order valence-corrected chi connectivity index (χ2v) is 3.67. The summed E-state index contributed by atoms with van der Waals surface area (Å²) in [6.45, 7) is 0. The van der Waals surface area contributed by atoms with Gasteiger partial charge in [0, 0.05) is 11.6 Å². The van der Waals surface area contributed by atoms with Crippen LogP contribution in [0.3, 0.4) is 0 Å². The Labute approximate surface area is 78.5 Å². The highest BCUT2D eigenvalue weighted by Gasteiger charge is 2.26. The van der Waals surface area contributed by atoms with E-state index in [0.29, 0.717) is 5.76 Å². The smallest absolute Gasteiger partial charge is 0.358 e. The van der Waals surface area contributed by atoms with Crippen molar-refractivity contribution in [2.75, 3.05) is 11.6 Å². The van der Waals surface area contributed by atoms with Crippen molar-refractivity contribution < 1.29 is 14.3 Å². The zero-order chi connectivity index (χ0) is 9.26. The molecule has 0 unspecified atom stereocenters. The topological polar surface area (TPSA) is 75.4 Å². The summed E-state index contributed by atoms with van der Waals surface area (Å²) < 4.78 is 5.04. The molecule has 0 bridgehead atoms. The van der Waals surface area contributed by atoms with Gasteiger partial charge in [-0.25, -0.2) is 9.78 Å². The molecule has 1 atom stereocenters. The van der Waals surface area contributed by atoms with Crippen LogP contribution in [0.5, 0.6) is 0 Å². The molecular weight excluding hydrogens is 192 g/mol. The lowest BCUT2D eigenvalue weighted by Gasteiger charge is -2.04. The lowest BCUT2D eigenvalue weighted by molar-refractivity contribution is 0.0688. The van der Waals surface area contributed by atoms with E-state index in [2.05, 4.69) is 10.3 Å². The van der Waals surface area contributed by atoms with Gasteiger partial charge in [0.1, 0.15) is 0 Å². The highest BCUT2D eigenvalue weighted by Crippen LogP contribution is 2.26. The molecule has 1 aliphatic heterocycles. The summed E-state index contributed by atoms with van der Waals surface area (Å²) in [6.07, 6.45) is 1.17. The molecule has 1 aliphatic rings. The number of aromatic nitrogens is 1. The molecule has 0 saturated carbocycles. The molecular formula is C7H8N2O3S. The molecule has 1 saturated heterocycles. The van der Waals surface area contributed by atoms with Gasteiger partial charge < -0.3 is 9.52 Å². The predicted octanol–water partition coefficient (Wildman–Crippen LogP) is 0.708. The van der Waals surface area contributed by atoms with Crippen LogP contribution < -0.4 is 5.32 Å². The summed E-state index contributed by atoms with van der Waals surface area (Å²) in [7, 11) is 0. The molecule has 0 aliphatic carbocycles. The van der Waals surface area contributed by atoms with Gasteiger partial charge in [-0.2, -0.15) is 0 Å². The highest BCUT2D eigenvalue weighted by molar-refractivity contribution is 7.99. The van der Waals surface area contributed by atoms with Gasteiger partial charge in [0.25, 0.3) is 0 Å². The van der Waals surface area contributed by atoms with Crippen molar-refractivity contribution in [2.24, 2.45) is 0 Å². The number of nitrogens with one attached hydrogen (secondary N) is 1. The molecule has 1 aromatic rings. The maximum absolute atomic E-state index is 10.7. The number of hydrogen-bond donors (Lipinski definition) is 2. The van der Waals surface area contributed by atoms with E-state index >= 15 is 0 Å². The standard InChI is InChI=1S/C7H8N2O3S/c10-7(11)5-6(12-2-8-5)4-1-13-3-9-4/h2,4,9H,1,3H2,(H,10,11)/t4-/m1/s1. The molecule has 2 rings (SSSR count). The highest BCUT2D eigenvalue weighted by atomic mass is 32.2. The van der Waals surface area contributed by atoms with Gasteiger partial charge in [-0.1, -0.05) is 0 Å². The molecule has 1 aromatic heterocycles. The van der Waals surface area contributed by atoms with Crippen molar-refractivity contribution in [3.63, 3.8) is 0 Å². The molecule has 0 amide bonds. The van der Waals surface area contributed by atoms with Crippen molar-refractivity contribution >= 4 is 17.7 Å². The minimum atomic E-state index is -1.04. The van der Waals surface area contributed by atoms with Crippen molar-refractivity contribution in [3.8, 4) is 0 Å². The second kappa shape index (κ2) is 3.39. The van der Waals surface area contributed by atoms with Crippen LogP contribution in [0.1, 0.15) is 22.3 Å². The first kappa shape index (κ1) is 8.58. The van der Waals surface area contributed by atoms with Crippen molar-refractivity contribution in [3.05, 3.63) is 17.8 Å². The largest absolute Gasteiger partial charge is 0.476 e. The summed E-state index contributed by atoms with van der Waals surface area (Å²) >= 11 is 1.71. The first-order valence-electron chi connectivity index (χ1n) is 3.77. The summed E-state index contributed by atoms with van der Waals surface area (Å²) in [6, 6.07) is -0.0152. The van der Waals surface area contributed by atoms with Gasteiger partial charge in [-0.15, -0.1) is 11.8 Å². The van der Waals surface area contributed by atoms with Gasteiger partial charge in [-0.05, 0) is 0 Å². The monoisotopic (exact) mass is 200 g/mol. The van der Waals surface area contributed by atoms with Crippen LogP contribution in [0, 0.1) is 0 Å². The molecule has 0 aromatic carbocycles. The fraction of sp³-hybridized carbons (Fsp3) is 0.429. The quantitative estimate of drug-likeness (QED) is 0.732. The third-order valence-electron chi connectivity index (χ3n) is 1.83. The molecule has 2 heterocycles. The van der Waals surface area contributed by atoms with Gasteiger partial charge in [0.15, 0.2) is 17.8 Å². The summed E-state index contributed by atoms with van der Waals surface area (Å²) in [4.78, 5) is 14.3. The van der Waals surface area contributed by atoms with Crippen LogP contribution in [0.2, 0.25) is 0 Å². The number of carbonyl (C=O) groups is 1. The number of nitrogens with zero attached hydrogens (tertiary/aromatic N) is 1. The second-order valence-electron chi connectivity index (χ2n) is 2.64. The minimum Gasteiger partial charge on any atom is -0.476 e. The van der Waals surface area contributed by atoms with E-state index < -0.39 is 5.97 Å². The predicted molar refractivity (Wildman–Crippen MR) is 46.7 cm³/mol. The van der Waals surface area contributed by atoms with Crippen LogP contribution in [0.15, 0.2) is 10.8 Å². The van der Waals surface area contributed by atoms with E-state index in [1.54, 1.807) is 11.8 Å². The van der Waals surface area contributed by atoms with E-state index in [-0.39, 0.29) is 11.7 Å². The Bertz CT molecular complexity index is 319. The first-order valence-corrected chi connectivity index (χ1v) is 4.92. The van der Waals surface area contributed by atoms with E-state index in [1.165, 1.54) is 6.39 Å². The number of oxazole rings is 1. The Kier molecular flexibility index (Phi) is 2.24. The normalized spacial score (nSPS) is 22.0. The molecule has 1 fully saturated rings. The van der Waals surface area contributed by atoms with Crippen molar-refractivity contribution in [1.29, 1.82) is 0 Å². The molecule has 2 N–H and O–H groups in total. The summed E-state index contributed by atoms with van der Waals surface area (Å²) in [5, 5.41) is 11.9. The van der Waals surface area contributed by atoms with Crippen LogP contribution in [-0.2, 0) is 0 Å². The van der Waals surface area contributed by atoms with Gasteiger partial charge in [0.2, 0.25) is 0 Å². The van der Waals surface area contributed by atoms with Crippen LogP contribution in [0.4, 0.5) is 0 Å². The fourth-order valence-electron chi connectivity index (χ4n) is 1.23. The fourth-order valence-corrected chi connectivity index (χ4v) is 2.17. The van der Waals surface area contributed by atoms with Crippen LogP contribution in [0.25, 0.3) is 0 Å². The maximum Gasteiger partial charge on any atom is 0.358 e. The van der Waals surface area contributed by atoms with Gasteiger partial charge in [0.05, 0.1) is 6.04 Å². The van der Waals surface area contributed by atoms with Crippen LogP contribution >= 0.6 is 11.8 Å². The molecule has 5 nitrogen and oxygen atoms in total. The number of carboxylic acid groups (broad SMARTS) is 1. The Morgan fingerprint density at radius 3 is 3.31 bits per heavy atom. The Balaban J connectivity index is 2.28. The maximum atomic E-state index is 10.7. The molecule has 0 radical (unpaired) electrons. The van der Waals surface area contributed by atoms with E-state index in [0.717, 1.165) is 11.6 Å². The molecule has 70 valence electrons. The van der Waals surface area contributed by atoms with E-state index in [9.17, 15) is 4.79 Å². The number of carboxylic acids is 1. The summed E-state index contributed by atoms with van der Waals surface area (Å²) in [5.74, 6) is 1.04. The molecule has 6 heteroatoms. The lowest BCUT2D eigenvalue weighted by atomic mass is 10.2. The van der Waals surface area contributed by atoms with Crippen LogP contribution in [-0.4, -0.2) is 27.7 Å². The summed E-state index contributed by atoms with van der Waals surface area (Å²) in [5.41, 5.74) is 0.0139. The van der Waals surface area contributed by atoms with E-state index in [1.807, 2.05) is 0 Å². The number of hydrogen-bond acceptors (Lipinski definition) is 5. The average molecular weight is 200 g/mol. The first-order chi connectivity index (χ1) is 6.29. The zero-order valence-electron chi connectivity index (χ0n) is 6.69. The SMILES string of the molecule is O=C(O)c1ncoc1[C@H]1CSCN1. The van der Waals surface area contributed by atoms with Crippen molar-refractivity contribution in [2.45, 2.75) is 6.04 Å². The molecule has 13 heavy (non-hydrogen) atoms. The Morgan fingerprint density at radius 1 is 1.85 bits per heavy atom. The number of rotatable bonds is 2. The number of aromatic carboxylic acids is 1. The zero-order valence-corrected chi connectivity index (χ0v) is 7.50. The van der Waals surface area contributed by atoms with E-state index in [4.69, 9.17) is 9.52 Å². The van der Waals surface area contributed by atoms with Crippen molar-refractivity contribution in [1.82, 2.24) is 10.3 Å². The average Bonchev–Trinajstić information content (AvgIpc) is 2.74. The van der Waals surface area contributed by atoms with Gasteiger partial charge in [-0.3, -0.25) is 5.32 Å². The third-order valence-corrected chi connectivity index (χ3v) is 2.77. The third kappa shape index (κ3) is 1.54.